The van der Waals surface area contributed by atoms with Crippen LogP contribution in [0.2, 0.25) is 0 Å². The summed E-state index contributed by atoms with van der Waals surface area (Å²) in [6, 6.07) is 5.72. The molecule has 0 bridgehead atoms. The van der Waals surface area contributed by atoms with E-state index in [2.05, 4.69) is 11.5 Å². The molecule has 2 heterocycles. The molecule has 0 saturated heterocycles. The van der Waals surface area contributed by atoms with Gasteiger partial charge in [-0.05, 0) is 6.07 Å². The van der Waals surface area contributed by atoms with Gasteiger partial charge in [-0.1, -0.05) is 0 Å². The average molecular weight is 137 g/mol. The summed E-state index contributed by atoms with van der Waals surface area (Å²) in [6.07, 6.45) is 0. The highest BCUT2D eigenvalue weighted by Crippen LogP contribution is 2.08. The van der Waals surface area contributed by atoms with Crippen molar-refractivity contribution >= 4 is 0 Å². The molecule has 0 amide bonds. The Morgan fingerprint density at radius 1 is 1.80 bits per heavy atom. The lowest BCUT2D eigenvalue weighted by molar-refractivity contribution is 0.370. The standard InChI is InChI=1S/C6H5N2O2/c9-5-2-1-3-6-8(5)7-4-10-6/h1,3,7H,4H2. The predicted molar refractivity (Wildman–Crippen MR) is 34.4 cm³/mol. The molecule has 0 fully saturated rings. The van der Waals surface area contributed by atoms with E-state index < -0.39 is 0 Å². The van der Waals surface area contributed by atoms with Crippen molar-refractivity contribution in [1.82, 2.24) is 4.68 Å². The first kappa shape index (κ1) is 5.34. The Hall–Kier alpha value is -1.45. The summed E-state index contributed by atoms with van der Waals surface area (Å²) in [5.41, 5.74) is 2.51. The molecule has 0 unspecified atom stereocenters. The molecule has 1 aromatic heterocycles. The van der Waals surface area contributed by atoms with Crippen LogP contribution in [0.25, 0.3) is 0 Å². The molecule has 4 heteroatoms. The van der Waals surface area contributed by atoms with Crippen LogP contribution in [0.4, 0.5) is 0 Å². The van der Waals surface area contributed by atoms with E-state index in [9.17, 15) is 4.79 Å². The molecule has 0 atom stereocenters. The Kier molecular flexibility index (Phi) is 0.943. The van der Waals surface area contributed by atoms with Crippen LogP contribution >= 0.6 is 0 Å². The zero-order valence-electron chi connectivity index (χ0n) is 5.13. The highest BCUT2D eigenvalue weighted by atomic mass is 16.5. The predicted octanol–water partition coefficient (Wildman–Crippen LogP) is -0.458. The Labute approximate surface area is 57.0 Å². The van der Waals surface area contributed by atoms with E-state index in [0.717, 1.165) is 0 Å². The minimum Gasteiger partial charge on any atom is -0.455 e. The highest BCUT2D eigenvalue weighted by Gasteiger charge is 2.09. The smallest absolute Gasteiger partial charge is 0.280 e. The lowest BCUT2D eigenvalue weighted by atomic mass is 10.5. The fraction of sp³-hybridized carbons (Fsp3) is 0.167. The Morgan fingerprint density at radius 2 is 2.70 bits per heavy atom. The largest absolute Gasteiger partial charge is 0.455 e. The molecule has 1 N–H and O–H groups in total. The molecule has 0 saturated carbocycles. The van der Waals surface area contributed by atoms with Gasteiger partial charge in [0.2, 0.25) is 5.88 Å². The number of aromatic nitrogens is 1. The van der Waals surface area contributed by atoms with Crippen molar-refractivity contribution in [3.8, 4) is 5.88 Å². The minimum absolute atomic E-state index is 0.213. The van der Waals surface area contributed by atoms with Crippen LogP contribution in [0.1, 0.15) is 0 Å². The number of fused-ring (bicyclic) bond motifs is 1. The summed E-state index contributed by atoms with van der Waals surface area (Å²) in [6.45, 7) is 0.354. The molecule has 4 nitrogen and oxygen atoms in total. The van der Waals surface area contributed by atoms with Gasteiger partial charge < -0.3 is 4.74 Å². The van der Waals surface area contributed by atoms with E-state index >= 15 is 0 Å². The lowest BCUT2D eigenvalue weighted by Gasteiger charge is -1.95. The normalized spacial score (nSPS) is 13.6. The molecule has 0 aromatic carbocycles. The van der Waals surface area contributed by atoms with E-state index in [0.29, 0.717) is 12.6 Å². The third kappa shape index (κ3) is 0.586. The van der Waals surface area contributed by atoms with Crippen molar-refractivity contribution in [3.63, 3.8) is 0 Å². The second kappa shape index (κ2) is 1.76. The second-order valence-electron chi connectivity index (χ2n) is 1.90. The van der Waals surface area contributed by atoms with E-state index in [4.69, 9.17) is 4.74 Å². The number of pyridine rings is 1. The molecule has 1 aromatic rings. The van der Waals surface area contributed by atoms with Crippen LogP contribution < -0.4 is 15.7 Å². The van der Waals surface area contributed by atoms with Gasteiger partial charge in [0.25, 0.3) is 5.56 Å². The molecular weight excluding hydrogens is 132 g/mol. The van der Waals surface area contributed by atoms with E-state index in [1.807, 2.05) is 0 Å². The molecule has 1 aliphatic rings. The fourth-order valence-corrected chi connectivity index (χ4v) is 0.857. The number of hydrogen-bond acceptors (Lipinski definition) is 3. The van der Waals surface area contributed by atoms with Gasteiger partial charge >= 0.3 is 0 Å². The molecule has 0 spiro atoms. The van der Waals surface area contributed by atoms with Gasteiger partial charge in [-0.15, -0.1) is 0 Å². The van der Waals surface area contributed by atoms with Gasteiger partial charge in [-0.3, -0.25) is 10.2 Å². The zero-order chi connectivity index (χ0) is 6.97. The minimum atomic E-state index is -0.213. The lowest BCUT2D eigenvalue weighted by Crippen LogP contribution is -2.22. The Morgan fingerprint density at radius 3 is 3.50 bits per heavy atom. The summed E-state index contributed by atoms with van der Waals surface area (Å²) >= 11 is 0. The van der Waals surface area contributed by atoms with E-state index in [1.165, 1.54) is 4.68 Å². The van der Waals surface area contributed by atoms with Crippen LogP contribution in [-0.2, 0) is 0 Å². The monoisotopic (exact) mass is 137 g/mol. The van der Waals surface area contributed by atoms with Crippen LogP contribution in [0, 0.1) is 6.07 Å². The summed E-state index contributed by atoms with van der Waals surface area (Å²) in [5, 5.41) is 0. The van der Waals surface area contributed by atoms with Gasteiger partial charge in [0.05, 0.1) is 6.07 Å². The Bertz CT molecular complexity index is 305. The molecule has 1 radical (unpaired) electrons. The molecule has 51 valence electrons. The zero-order valence-corrected chi connectivity index (χ0v) is 5.13. The second-order valence-corrected chi connectivity index (χ2v) is 1.90. The molecule has 1 aliphatic heterocycles. The first-order valence-electron chi connectivity index (χ1n) is 2.88. The maximum atomic E-state index is 10.9. The van der Waals surface area contributed by atoms with Crippen molar-refractivity contribution in [2.24, 2.45) is 0 Å². The van der Waals surface area contributed by atoms with Crippen molar-refractivity contribution in [2.45, 2.75) is 0 Å². The average Bonchev–Trinajstić information content (AvgIpc) is 2.36. The summed E-state index contributed by atoms with van der Waals surface area (Å²) in [7, 11) is 0. The van der Waals surface area contributed by atoms with Gasteiger partial charge in [0.1, 0.15) is 0 Å². The van der Waals surface area contributed by atoms with E-state index in [-0.39, 0.29) is 5.56 Å². The van der Waals surface area contributed by atoms with Crippen molar-refractivity contribution in [2.75, 3.05) is 12.2 Å². The molecular formula is C6H5N2O2. The van der Waals surface area contributed by atoms with Gasteiger partial charge in [0.15, 0.2) is 6.73 Å². The topological polar surface area (TPSA) is 43.3 Å². The van der Waals surface area contributed by atoms with Gasteiger partial charge in [-0.2, -0.15) is 4.68 Å². The molecule has 10 heavy (non-hydrogen) atoms. The summed E-state index contributed by atoms with van der Waals surface area (Å²) in [4.78, 5) is 10.9. The Balaban J connectivity index is 2.70. The van der Waals surface area contributed by atoms with E-state index in [1.54, 1.807) is 12.1 Å². The van der Waals surface area contributed by atoms with Crippen LogP contribution in [-0.4, -0.2) is 11.4 Å². The third-order valence-electron chi connectivity index (χ3n) is 1.30. The first-order chi connectivity index (χ1) is 4.88. The first-order valence-corrected chi connectivity index (χ1v) is 2.88. The van der Waals surface area contributed by atoms with Crippen LogP contribution in [0.3, 0.4) is 0 Å². The quantitative estimate of drug-likeness (QED) is 0.526. The summed E-state index contributed by atoms with van der Waals surface area (Å²) in [5.74, 6) is 0.545. The van der Waals surface area contributed by atoms with Gasteiger partial charge in [-0.25, -0.2) is 0 Å². The number of hydrogen-bond donors (Lipinski definition) is 1. The number of rotatable bonds is 0. The molecule has 2 rings (SSSR count). The van der Waals surface area contributed by atoms with Crippen molar-refractivity contribution in [3.05, 3.63) is 28.6 Å². The van der Waals surface area contributed by atoms with Crippen LogP contribution in [0.5, 0.6) is 5.88 Å². The number of nitrogens with zero attached hydrogens (tertiary/aromatic N) is 1. The number of nitrogens with one attached hydrogen (secondary N) is 1. The SMILES string of the molecule is O=c1[c]ccc2n1NCO2. The molecule has 0 aliphatic carbocycles. The maximum Gasteiger partial charge on any atom is 0.280 e. The maximum absolute atomic E-state index is 10.9. The number of ether oxygens (including phenoxy) is 1. The van der Waals surface area contributed by atoms with Crippen molar-refractivity contribution in [1.29, 1.82) is 0 Å². The van der Waals surface area contributed by atoms with Crippen molar-refractivity contribution < 1.29 is 4.74 Å². The third-order valence-corrected chi connectivity index (χ3v) is 1.30. The summed E-state index contributed by atoms with van der Waals surface area (Å²) < 4.78 is 6.33. The fourth-order valence-electron chi connectivity index (χ4n) is 0.857. The van der Waals surface area contributed by atoms with Gasteiger partial charge in [0, 0.05) is 6.07 Å². The highest BCUT2D eigenvalue weighted by molar-refractivity contribution is 5.16. The van der Waals surface area contributed by atoms with Crippen LogP contribution in [0.15, 0.2) is 16.9 Å².